The van der Waals surface area contributed by atoms with Crippen LogP contribution in [0.25, 0.3) is 0 Å². The number of nitrogens with two attached hydrogens (primary N) is 1. The second-order valence-corrected chi connectivity index (χ2v) is 6.05. The molecule has 0 aliphatic carbocycles. The zero-order valence-corrected chi connectivity index (χ0v) is 13.5. The van der Waals surface area contributed by atoms with E-state index in [0.717, 1.165) is 32.5 Å². The fourth-order valence-electron chi connectivity index (χ4n) is 2.83. The van der Waals surface area contributed by atoms with Gasteiger partial charge in [0.05, 0.1) is 6.61 Å². The first kappa shape index (κ1) is 16.9. The first-order valence-electron chi connectivity index (χ1n) is 7.92. The Morgan fingerprint density at radius 2 is 2.09 bits per heavy atom. The van der Waals surface area contributed by atoms with Crippen LogP contribution in [-0.2, 0) is 16.1 Å². The molecule has 1 aromatic carbocycles. The predicted molar refractivity (Wildman–Crippen MR) is 87.5 cm³/mol. The Kier molecular flexibility index (Phi) is 6.36. The number of rotatable bonds is 6. The second-order valence-electron chi connectivity index (χ2n) is 6.05. The molecule has 3 N–H and O–H groups in total. The molecular formula is C17H27N3O2. The van der Waals surface area contributed by atoms with Gasteiger partial charge < -0.3 is 15.8 Å². The number of nitrogens with zero attached hydrogens (tertiary/aromatic N) is 1. The van der Waals surface area contributed by atoms with Crippen LogP contribution in [-0.4, -0.2) is 49.7 Å². The minimum absolute atomic E-state index is 0.112. The lowest BCUT2D eigenvalue weighted by Gasteiger charge is -2.33. The van der Waals surface area contributed by atoms with Crippen molar-refractivity contribution in [3.63, 3.8) is 0 Å². The van der Waals surface area contributed by atoms with Gasteiger partial charge in [-0.15, -0.1) is 0 Å². The van der Waals surface area contributed by atoms with Gasteiger partial charge in [-0.1, -0.05) is 24.3 Å². The molecule has 1 amide bonds. The Balaban J connectivity index is 1.76. The lowest BCUT2D eigenvalue weighted by Crippen LogP contribution is -2.50. The van der Waals surface area contributed by atoms with Crippen molar-refractivity contribution in [2.75, 3.05) is 26.8 Å². The van der Waals surface area contributed by atoms with E-state index in [1.165, 1.54) is 11.1 Å². The van der Waals surface area contributed by atoms with Crippen LogP contribution >= 0.6 is 0 Å². The van der Waals surface area contributed by atoms with E-state index >= 15 is 0 Å². The third-order valence-electron chi connectivity index (χ3n) is 4.27. The minimum atomic E-state index is -0.574. The minimum Gasteiger partial charge on any atom is -0.383 e. The molecule has 1 aliphatic rings. The summed E-state index contributed by atoms with van der Waals surface area (Å²) in [5.74, 6) is -0.112. The summed E-state index contributed by atoms with van der Waals surface area (Å²) in [6.07, 6.45) is 1.94. The molecule has 5 nitrogen and oxygen atoms in total. The number of benzene rings is 1. The smallest absolute Gasteiger partial charge is 0.239 e. The first-order valence-corrected chi connectivity index (χ1v) is 7.92. The highest BCUT2D eigenvalue weighted by atomic mass is 16.5. The van der Waals surface area contributed by atoms with Crippen LogP contribution < -0.4 is 11.1 Å². The van der Waals surface area contributed by atoms with E-state index < -0.39 is 6.04 Å². The molecule has 0 aromatic heterocycles. The fourth-order valence-corrected chi connectivity index (χ4v) is 2.83. The van der Waals surface area contributed by atoms with Gasteiger partial charge in [0.25, 0.3) is 0 Å². The number of hydrogen-bond donors (Lipinski definition) is 2. The van der Waals surface area contributed by atoms with Crippen LogP contribution in [0, 0.1) is 6.92 Å². The number of methoxy groups -OCH3 is 1. The summed E-state index contributed by atoms with van der Waals surface area (Å²) in [7, 11) is 1.55. The van der Waals surface area contributed by atoms with Gasteiger partial charge in [-0.25, -0.2) is 0 Å². The average molecular weight is 305 g/mol. The van der Waals surface area contributed by atoms with Crippen molar-refractivity contribution >= 4 is 5.91 Å². The number of aryl methyl sites for hydroxylation is 1. The third kappa shape index (κ3) is 4.80. The number of carbonyl (C=O) groups is 1. The number of likely N-dealkylation sites (tertiary alicyclic amines) is 1. The van der Waals surface area contributed by atoms with Gasteiger partial charge in [0.1, 0.15) is 6.04 Å². The summed E-state index contributed by atoms with van der Waals surface area (Å²) in [4.78, 5) is 14.3. The van der Waals surface area contributed by atoms with Crippen molar-refractivity contribution < 1.29 is 9.53 Å². The average Bonchev–Trinajstić information content (AvgIpc) is 2.51. The molecule has 0 spiro atoms. The largest absolute Gasteiger partial charge is 0.383 e. The van der Waals surface area contributed by atoms with Crippen molar-refractivity contribution in [2.45, 2.75) is 38.4 Å². The quantitative estimate of drug-likeness (QED) is 0.824. The molecule has 0 radical (unpaired) electrons. The molecule has 2 rings (SSSR count). The van der Waals surface area contributed by atoms with E-state index in [0.29, 0.717) is 0 Å². The second kappa shape index (κ2) is 8.27. The Labute approximate surface area is 132 Å². The van der Waals surface area contributed by atoms with E-state index in [9.17, 15) is 4.79 Å². The lowest BCUT2D eigenvalue weighted by atomic mass is 10.0. The molecule has 1 atom stereocenters. The Bertz CT molecular complexity index is 485. The van der Waals surface area contributed by atoms with E-state index in [1.54, 1.807) is 7.11 Å². The highest BCUT2D eigenvalue weighted by molar-refractivity contribution is 5.81. The summed E-state index contributed by atoms with van der Waals surface area (Å²) < 4.78 is 4.91. The molecule has 1 fully saturated rings. The van der Waals surface area contributed by atoms with E-state index in [2.05, 4.69) is 41.4 Å². The van der Waals surface area contributed by atoms with Crippen LogP contribution in [0.15, 0.2) is 24.3 Å². The lowest BCUT2D eigenvalue weighted by molar-refractivity contribution is -0.124. The van der Waals surface area contributed by atoms with Gasteiger partial charge in [-0.05, 0) is 30.9 Å². The highest BCUT2D eigenvalue weighted by Gasteiger charge is 2.23. The Morgan fingerprint density at radius 3 is 2.73 bits per heavy atom. The first-order chi connectivity index (χ1) is 10.6. The number of ether oxygens (including phenoxy) is 1. The fraction of sp³-hybridized carbons (Fsp3) is 0.588. The molecule has 1 heterocycles. The van der Waals surface area contributed by atoms with Gasteiger partial charge in [0, 0.05) is 32.8 Å². The molecule has 0 bridgehead atoms. The van der Waals surface area contributed by atoms with E-state index in [-0.39, 0.29) is 18.6 Å². The van der Waals surface area contributed by atoms with Gasteiger partial charge >= 0.3 is 0 Å². The van der Waals surface area contributed by atoms with Crippen LogP contribution in [0.3, 0.4) is 0 Å². The molecule has 1 aromatic rings. The van der Waals surface area contributed by atoms with Gasteiger partial charge in [0.15, 0.2) is 0 Å². The molecular weight excluding hydrogens is 278 g/mol. The monoisotopic (exact) mass is 305 g/mol. The number of hydrogen-bond acceptors (Lipinski definition) is 4. The normalized spacial score (nSPS) is 18.1. The van der Waals surface area contributed by atoms with Gasteiger partial charge in [0.2, 0.25) is 5.91 Å². The van der Waals surface area contributed by atoms with E-state index in [1.807, 2.05) is 0 Å². The predicted octanol–water partition coefficient (Wildman–Crippen LogP) is 1.05. The Morgan fingerprint density at radius 1 is 1.41 bits per heavy atom. The number of piperidine rings is 1. The zero-order chi connectivity index (χ0) is 15.9. The van der Waals surface area contributed by atoms with Crippen molar-refractivity contribution in [3.05, 3.63) is 35.4 Å². The SMILES string of the molecule is COCC(N)C(=O)NC1CCN(Cc2ccccc2C)CC1. The van der Waals surface area contributed by atoms with Gasteiger partial charge in [-0.3, -0.25) is 9.69 Å². The molecule has 122 valence electrons. The van der Waals surface area contributed by atoms with Crippen LogP contribution in [0.4, 0.5) is 0 Å². The van der Waals surface area contributed by atoms with Crippen molar-refractivity contribution in [2.24, 2.45) is 5.73 Å². The van der Waals surface area contributed by atoms with Crippen molar-refractivity contribution in [3.8, 4) is 0 Å². The van der Waals surface area contributed by atoms with Crippen molar-refractivity contribution in [1.82, 2.24) is 10.2 Å². The number of amides is 1. The van der Waals surface area contributed by atoms with Crippen LogP contribution in [0.1, 0.15) is 24.0 Å². The van der Waals surface area contributed by atoms with Gasteiger partial charge in [-0.2, -0.15) is 0 Å². The van der Waals surface area contributed by atoms with Crippen LogP contribution in [0.2, 0.25) is 0 Å². The van der Waals surface area contributed by atoms with E-state index in [4.69, 9.17) is 10.5 Å². The summed E-state index contributed by atoms with van der Waals surface area (Å²) in [5, 5.41) is 3.03. The summed E-state index contributed by atoms with van der Waals surface area (Å²) in [5.41, 5.74) is 8.46. The number of nitrogens with one attached hydrogen (secondary N) is 1. The molecule has 0 saturated carbocycles. The summed E-state index contributed by atoms with van der Waals surface area (Å²) in [6, 6.07) is 8.15. The standard InChI is InChI=1S/C17H27N3O2/c1-13-5-3-4-6-14(13)11-20-9-7-15(8-10-20)19-17(21)16(18)12-22-2/h3-6,15-16H,7-12,18H2,1-2H3,(H,19,21). The zero-order valence-electron chi connectivity index (χ0n) is 13.5. The maximum Gasteiger partial charge on any atom is 0.239 e. The molecule has 1 aliphatic heterocycles. The molecule has 1 saturated heterocycles. The molecule has 1 unspecified atom stereocenters. The molecule has 5 heteroatoms. The third-order valence-corrected chi connectivity index (χ3v) is 4.27. The number of carbonyl (C=O) groups excluding carboxylic acids is 1. The summed E-state index contributed by atoms with van der Waals surface area (Å²) in [6.45, 7) is 5.39. The maximum absolute atomic E-state index is 11.9. The summed E-state index contributed by atoms with van der Waals surface area (Å²) >= 11 is 0. The van der Waals surface area contributed by atoms with Crippen molar-refractivity contribution in [1.29, 1.82) is 0 Å². The topological polar surface area (TPSA) is 67.6 Å². The molecule has 22 heavy (non-hydrogen) atoms. The Hall–Kier alpha value is -1.43. The maximum atomic E-state index is 11.9. The van der Waals surface area contributed by atoms with Crippen LogP contribution in [0.5, 0.6) is 0 Å². The highest BCUT2D eigenvalue weighted by Crippen LogP contribution is 2.16.